The van der Waals surface area contributed by atoms with Gasteiger partial charge in [-0.05, 0) is 61.0 Å². The van der Waals surface area contributed by atoms with E-state index >= 15 is 0 Å². The Morgan fingerprint density at radius 1 is 1.02 bits per heavy atom. The van der Waals surface area contributed by atoms with Crippen LogP contribution in [0.25, 0.3) is 17.3 Å². The van der Waals surface area contributed by atoms with Crippen molar-refractivity contribution in [2.45, 2.75) is 13.8 Å². The minimum absolute atomic E-state index is 0.117. The number of benzene rings is 3. The highest BCUT2D eigenvalue weighted by atomic mass is 35.5. The molecule has 4 aromatic rings. The molecule has 0 aliphatic rings. The quantitative estimate of drug-likeness (QED) is 0.323. The summed E-state index contributed by atoms with van der Waals surface area (Å²) in [6.07, 6.45) is 1.65. The molecule has 0 saturated carbocycles. The zero-order chi connectivity index (χ0) is 28.8. The number of thiazole rings is 1. The van der Waals surface area contributed by atoms with Crippen LogP contribution < -0.4 is 30.1 Å². The molecule has 1 aromatic heterocycles. The van der Waals surface area contributed by atoms with Crippen LogP contribution in [-0.2, 0) is 9.59 Å². The van der Waals surface area contributed by atoms with Crippen LogP contribution in [0.5, 0.6) is 5.75 Å². The largest absolute Gasteiger partial charge is 0.492 e. The predicted octanol–water partition coefficient (Wildman–Crippen LogP) is 4.70. The fourth-order valence-corrected chi connectivity index (χ4v) is 5.44. The summed E-state index contributed by atoms with van der Waals surface area (Å²) in [5.41, 5.74) is 1.24. The lowest BCUT2D eigenvalue weighted by atomic mass is 10.2. The van der Waals surface area contributed by atoms with Crippen molar-refractivity contribution in [2.75, 3.05) is 17.2 Å². The summed E-state index contributed by atoms with van der Waals surface area (Å²) >= 11 is 13.1. The number of rotatable bonds is 7. The van der Waals surface area contributed by atoms with E-state index in [1.807, 2.05) is 13.0 Å². The molecule has 0 aliphatic carbocycles. The summed E-state index contributed by atoms with van der Waals surface area (Å²) < 4.78 is 7.44. The highest BCUT2D eigenvalue weighted by Gasteiger charge is 2.19. The van der Waals surface area contributed by atoms with Crippen molar-refractivity contribution >= 4 is 69.4 Å². The van der Waals surface area contributed by atoms with Crippen molar-refractivity contribution in [1.82, 2.24) is 4.57 Å². The van der Waals surface area contributed by atoms with E-state index in [4.69, 9.17) is 27.9 Å². The molecular weight excluding hydrogens is 571 g/mol. The first kappa shape index (κ1) is 28.6. The summed E-state index contributed by atoms with van der Waals surface area (Å²) in [4.78, 5) is 38.5. The number of hydrogen-bond acceptors (Lipinski definition) is 6. The normalized spacial score (nSPS) is 11.9. The Bertz CT molecular complexity index is 1800. The van der Waals surface area contributed by atoms with E-state index in [2.05, 4.69) is 10.6 Å². The van der Waals surface area contributed by atoms with Gasteiger partial charge in [-0.15, -0.1) is 11.3 Å². The Morgan fingerprint density at radius 3 is 2.33 bits per heavy atom. The smallest absolute Gasteiger partial charge is 0.273 e. The van der Waals surface area contributed by atoms with Gasteiger partial charge in [-0.1, -0.05) is 47.5 Å². The van der Waals surface area contributed by atoms with Gasteiger partial charge in [-0.3, -0.25) is 19.0 Å². The highest BCUT2D eigenvalue weighted by molar-refractivity contribution is 7.07. The van der Waals surface area contributed by atoms with Crippen LogP contribution in [0.2, 0.25) is 10.0 Å². The van der Waals surface area contributed by atoms with Crippen molar-refractivity contribution in [1.29, 1.82) is 5.26 Å². The van der Waals surface area contributed by atoms with E-state index in [-0.39, 0.29) is 20.7 Å². The Balaban J connectivity index is 1.94. The number of para-hydroxylation sites is 2. The second-order valence-corrected chi connectivity index (χ2v) is 10.3. The Morgan fingerprint density at radius 2 is 1.70 bits per heavy atom. The predicted molar refractivity (Wildman–Crippen MR) is 159 cm³/mol. The minimum atomic E-state index is -0.740. The minimum Gasteiger partial charge on any atom is -0.492 e. The first-order chi connectivity index (χ1) is 19.2. The summed E-state index contributed by atoms with van der Waals surface area (Å²) in [6, 6.07) is 20.2. The fourth-order valence-electron chi connectivity index (χ4n) is 3.82. The third kappa shape index (κ3) is 6.61. The first-order valence-corrected chi connectivity index (χ1v) is 13.5. The molecular formula is C29H22Cl2N4O4S. The molecule has 8 nitrogen and oxygen atoms in total. The molecule has 0 aliphatic heterocycles. The summed E-state index contributed by atoms with van der Waals surface area (Å²) in [7, 11) is 0. The maximum atomic E-state index is 13.8. The van der Waals surface area contributed by atoms with E-state index in [0.29, 0.717) is 45.0 Å². The van der Waals surface area contributed by atoms with Gasteiger partial charge in [0.15, 0.2) is 5.57 Å². The summed E-state index contributed by atoms with van der Waals surface area (Å²) in [5, 5.41) is 16.0. The van der Waals surface area contributed by atoms with Crippen molar-refractivity contribution in [2.24, 2.45) is 0 Å². The molecule has 0 fully saturated rings. The zero-order valence-corrected chi connectivity index (χ0v) is 23.7. The van der Waals surface area contributed by atoms with Crippen LogP contribution in [0.3, 0.4) is 0 Å². The molecule has 3 aromatic carbocycles. The number of aromatic nitrogens is 1. The van der Waals surface area contributed by atoms with E-state index in [1.54, 1.807) is 54.6 Å². The van der Waals surface area contributed by atoms with Gasteiger partial charge in [0, 0.05) is 28.3 Å². The molecule has 0 bridgehead atoms. The highest BCUT2D eigenvalue weighted by Crippen LogP contribution is 2.23. The summed E-state index contributed by atoms with van der Waals surface area (Å²) in [6.45, 7) is 3.57. The van der Waals surface area contributed by atoms with Gasteiger partial charge in [0.2, 0.25) is 5.91 Å². The Labute approximate surface area is 243 Å². The lowest BCUT2D eigenvalue weighted by Crippen LogP contribution is -2.32. The topological polar surface area (TPSA) is 113 Å². The average molecular weight is 593 g/mol. The van der Waals surface area contributed by atoms with Crippen molar-refractivity contribution in [3.05, 3.63) is 102 Å². The molecule has 2 amide bonds. The number of halogens is 2. The SMILES string of the molecule is CCOc1ccccc1-n1c(=C(C#N)C(=O)Nc2cc(Cl)cc(Cl)c2)sc(=Cc2ccc(NC(C)=O)cc2)c1=O. The number of amides is 2. The lowest BCUT2D eigenvalue weighted by Gasteiger charge is -2.11. The maximum absolute atomic E-state index is 13.8. The third-order valence-corrected chi connectivity index (χ3v) is 6.96. The van der Waals surface area contributed by atoms with Gasteiger partial charge < -0.3 is 15.4 Å². The number of nitrogens with zero attached hydrogens (tertiary/aromatic N) is 2. The number of ether oxygens (including phenoxy) is 1. The van der Waals surface area contributed by atoms with Crippen LogP contribution in [-0.4, -0.2) is 23.0 Å². The monoisotopic (exact) mass is 592 g/mol. The van der Waals surface area contributed by atoms with Gasteiger partial charge in [-0.2, -0.15) is 5.26 Å². The van der Waals surface area contributed by atoms with Crippen molar-refractivity contribution in [3.63, 3.8) is 0 Å². The molecule has 11 heteroatoms. The van der Waals surface area contributed by atoms with E-state index in [0.717, 1.165) is 11.3 Å². The van der Waals surface area contributed by atoms with Gasteiger partial charge in [0.25, 0.3) is 11.5 Å². The molecule has 202 valence electrons. The average Bonchev–Trinajstić information content (AvgIpc) is 3.20. The molecule has 0 spiro atoms. The molecule has 1 heterocycles. The number of anilines is 2. The fraction of sp³-hybridized carbons (Fsp3) is 0.103. The van der Waals surface area contributed by atoms with Crippen LogP contribution in [0.1, 0.15) is 19.4 Å². The number of nitriles is 1. The molecule has 2 N–H and O–H groups in total. The summed E-state index contributed by atoms with van der Waals surface area (Å²) in [5.74, 6) is -0.527. The van der Waals surface area contributed by atoms with Gasteiger partial charge in [-0.25, -0.2) is 0 Å². The Hall–Kier alpha value is -4.36. The van der Waals surface area contributed by atoms with Gasteiger partial charge >= 0.3 is 0 Å². The molecule has 4 rings (SSSR count). The number of nitrogens with one attached hydrogen (secondary N) is 2. The second kappa shape index (κ2) is 12.7. The molecule has 0 radical (unpaired) electrons. The standard InChI is InChI=1S/C29H22Cl2N4O4S/c1-3-39-25-7-5-4-6-24(25)35-28(38)26(12-18-8-10-21(11-9-18)33-17(2)36)40-29(35)23(16-32)27(37)34-22-14-19(30)13-20(31)15-22/h4-15H,3H2,1-2H3,(H,33,36)(H,34,37). The van der Waals surface area contributed by atoms with Gasteiger partial charge in [0.1, 0.15) is 16.5 Å². The van der Waals surface area contributed by atoms with Crippen LogP contribution in [0.15, 0.2) is 71.5 Å². The number of carbonyl (C=O) groups is 2. The molecule has 0 saturated heterocycles. The number of hydrogen-bond donors (Lipinski definition) is 2. The number of carbonyl (C=O) groups excluding carboxylic acids is 2. The van der Waals surface area contributed by atoms with E-state index < -0.39 is 11.5 Å². The van der Waals surface area contributed by atoms with E-state index in [1.165, 1.54) is 29.7 Å². The van der Waals surface area contributed by atoms with Crippen LogP contribution in [0, 0.1) is 11.3 Å². The third-order valence-electron chi connectivity index (χ3n) is 5.43. The Kier molecular flexibility index (Phi) is 9.07. The van der Waals surface area contributed by atoms with Crippen molar-refractivity contribution in [3.8, 4) is 17.5 Å². The lowest BCUT2D eigenvalue weighted by molar-refractivity contribution is -0.114. The van der Waals surface area contributed by atoms with Crippen molar-refractivity contribution < 1.29 is 14.3 Å². The second-order valence-electron chi connectivity index (χ2n) is 8.36. The molecule has 0 unspecified atom stereocenters. The molecule has 40 heavy (non-hydrogen) atoms. The van der Waals surface area contributed by atoms with Crippen LogP contribution in [0.4, 0.5) is 11.4 Å². The van der Waals surface area contributed by atoms with Gasteiger partial charge in [0.05, 0.1) is 16.8 Å². The zero-order valence-electron chi connectivity index (χ0n) is 21.3. The maximum Gasteiger partial charge on any atom is 0.273 e. The van der Waals surface area contributed by atoms with E-state index in [9.17, 15) is 19.6 Å². The molecule has 0 atom stereocenters. The first-order valence-electron chi connectivity index (χ1n) is 12.0. The van der Waals surface area contributed by atoms with Crippen LogP contribution >= 0.6 is 34.5 Å².